The van der Waals surface area contributed by atoms with Crippen LogP contribution in [0.25, 0.3) is 0 Å². The molecule has 1 aromatic heterocycles. The van der Waals surface area contributed by atoms with Crippen molar-refractivity contribution in [3.8, 4) is 0 Å². The van der Waals surface area contributed by atoms with Gasteiger partial charge in [0.25, 0.3) is 0 Å². The SMILES string of the molecule is CC(C)(C)OC(=O)C(Cc1sccc1N)C(=O)O. The predicted molar refractivity (Wildman–Crippen MR) is 69.4 cm³/mol. The van der Waals surface area contributed by atoms with E-state index in [0.29, 0.717) is 10.6 Å². The van der Waals surface area contributed by atoms with Gasteiger partial charge in [0.2, 0.25) is 0 Å². The van der Waals surface area contributed by atoms with Gasteiger partial charge in [0.1, 0.15) is 5.60 Å². The van der Waals surface area contributed by atoms with Crippen molar-refractivity contribution >= 4 is 29.0 Å². The van der Waals surface area contributed by atoms with Crippen LogP contribution < -0.4 is 5.73 Å². The molecule has 6 heteroatoms. The van der Waals surface area contributed by atoms with Crippen LogP contribution in [0.15, 0.2) is 11.4 Å². The van der Waals surface area contributed by atoms with Gasteiger partial charge in [-0.1, -0.05) is 0 Å². The number of rotatable bonds is 4. The smallest absolute Gasteiger partial charge is 0.321 e. The van der Waals surface area contributed by atoms with Gasteiger partial charge in [0.15, 0.2) is 5.92 Å². The van der Waals surface area contributed by atoms with E-state index in [0.717, 1.165) is 0 Å². The summed E-state index contributed by atoms with van der Waals surface area (Å²) in [5, 5.41) is 10.9. The largest absolute Gasteiger partial charge is 0.481 e. The molecule has 0 radical (unpaired) electrons. The van der Waals surface area contributed by atoms with Gasteiger partial charge in [-0.05, 0) is 32.2 Å². The first-order valence-electron chi connectivity index (χ1n) is 5.48. The van der Waals surface area contributed by atoms with Crippen molar-refractivity contribution in [2.24, 2.45) is 5.92 Å². The zero-order valence-corrected chi connectivity index (χ0v) is 11.4. The number of carbonyl (C=O) groups excluding carboxylic acids is 1. The minimum absolute atomic E-state index is 0.0632. The molecule has 0 aliphatic carbocycles. The number of hydrogen-bond donors (Lipinski definition) is 2. The lowest BCUT2D eigenvalue weighted by molar-refractivity contribution is -0.166. The first kappa shape index (κ1) is 14.5. The highest BCUT2D eigenvalue weighted by Gasteiger charge is 2.32. The summed E-state index contributed by atoms with van der Waals surface area (Å²) in [6, 6.07) is 1.69. The molecule has 1 atom stereocenters. The summed E-state index contributed by atoms with van der Waals surface area (Å²) >= 11 is 1.33. The molecule has 100 valence electrons. The number of thiophene rings is 1. The number of carboxylic acid groups (broad SMARTS) is 1. The fourth-order valence-electron chi connectivity index (χ4n) is 1.35. The van der Waals surface area contributed by atoms with Crippen LogP contribution in [0.3, 0.4) is 0 Å². The van der Waals surface area contributed by atoms with E-state index in [2.05, 4.69) is 0 Å². The maximum absolute atomic E-state index is 11.8. The standard InChI is InChI=1S/C12H17NO4S/c1-12(2,3)17-11(16)7(10(14)15)6-9-8(13)4-5-18-9/h4-5,7H,6,13H2,1-3H3,(H,14,15). The van der Waals surface area contributed by atoms with Crippen molar-refractivity contribution in [1.82, 2.24) is 0 Å². The van der Waals surface area contributed by atoms with E-state index in [1.807, 2.05) is 0 Å². The van der Waals surface area contributed by atoms with E-state index < -0.39 is 23.5 Å². The maximum Gasteiger partial charge on any atom is 0.321 e. The van der Waals surface area contributed by atoms with E-state index >= 15 is 0 Å². The lowest BCUT2D eigenvalue weighted by Gasteiger charge is -2.22. The molecule has 0 amide bonds. The average Bonchev–Trinajstić information content (AvgIpc) is 2.57. The normalized spacial score (nSPS) is 13.1. The molecule has 1 rings (SSSR count). The minimum Gasteiger partial charge on any atom is -0.481 e. The molecular weight excluding hydrogens is 254 g/mol. The Morgan fingerprint density at radius 2 is 2.11 bits per heavy atom. The Kier molecular flexibility index (Phi) is 4.34. The Balaban J connectivity index is 2.81. The van der Waals surface area contributed by atoms with Crippen LogP contribution in [-0.2, 0) is 20.7 Å². The fourth-order valence-corrected chi connectivity index (χ4v) is 2.19. The molecule has 0 aromatic carbocycles. The van der Waals surface area contributed by atoms with E-state index in [-0.39, 0.29) is 6.42 Å². The van der Waals surface area contributed by atoms with Crippen molar-refractivity contribution in [3.63, 3.8) is 0 Å². The summed E-state index contributed by atoms with van der Waals surface area (Å²) in [5.74, 6) is -3.15. The second-order valence-electron chi connectivity index (χ2n) is 4.93. The van der Waals surface area contributed by atoms with Gasteiger partial charge in [-0.25, -0.2) is 0 Å². The lowest BCUT2D eigenvalue weighted by atomic mass is 10.0. The number of hydrogen-bond acceptors (Lipinski definition) is 5. The van der Waals surface area contributed by atoms with Gasteiger partial charge in [-0.2, -0.15) is 0 Å². The van der Waals surface area contributed by atoms with Crippen LogP contribution in [0.4, 0.5) is 5.69 Å². The molecule has 0 aliphatic heterocycles. The van der Waals surface area contributed by atoms with E-state index in [1.165, 1.54) is 11.3 Å². The average molecular weight is 271 g/mol. The molecule has 0 spiro atoms. The monoisotopic (exact) mass is 271 g/mol. The molecule has 3 N–H and O–H groups in total. The summed E-state index contributed by atoms with van der Waals surface area (Å²) in [7, 11) is 0. The number of nitrogen functional groups attached to an aromatic ring is 1. The molecule has 0 saturated carbocycles. The quantitative estimate of drug-likeness (QED) is 0.645. The van der Waals surface area contributed by atoms with E-state index in [1.54, 1.807) is 32.2 Å². The van der Waals surface area contributed by atoms with E-state index in [4.69, 9.17) is 15.6 Å². The molecule has 1 aromatic rings. The molecule has 0 aliphatic rings. The van der Waals surface area contributed by atoms with Gasteiger partial charge < -0.3 is 15.6 Å². The number of carboxylic acids is 1. The van der Waals surface area contributed by atoms with Crippen LogP contribution in [0, 0.1) is 5.92 Å². The molecular formula is C12H17NO4S. The molecule has 0 saturated heterocycles. The van der Waals surface area contributed by atoms with Crippen LogP contribution in [0.1, 0.15) is 25.6 Å². The highest BCUT2D eigenvalue weighted by Crippen LogP contribution is 2.24. The Labute approximate surface area is 110 Å². The van der Waals surface area contributed by atoms with Gasteiger partial charge in [-0.3, -0.25) is 9.59 Å². The van der Waals surface area contributed by atoms with Gasteiger partial charge in [0.05, 0.1) is 0 Å². The molecule has 1 heterocycles. The molecule has 18 heavy (non-hydrogen) atoms. The fraction of sp³-hybridized carbons (Fsp3) is 0.500. The number of esters is 1. The second-order valence-corrected chi connectivity index (χ2v) is 5.93. The first-order valence-corrected chi connectivity index (χ1v) is 6.36. The minimum atomic E-state index is -1.22. The van der Waals surface area contributed by atoms with Gasteiger partial charge in [-0.15, -0.1) is 11.3 Å². The summed E-state index contributed by atoms with van der Waals surface area (Å²) in [4.78, 5) is 23.6. The molecule has 0 fully saturated rings. The number of carbonyl (C=O) groups is 2. The van der Waals surface area contributed by atoms with Crippen molar-refractivity contribution in [3.05, 3.63) is 16.3 Å². The molecule has 5 nitrogen and oxygen atoms in total. The molecule has 0 bridgehead atoms. The van der Waals surface area contributed by atoms with E-state index in [9.17, 15) is 9.59 Å². The Morgan fingerprint density at radius 1 is 1.50 bits per heavy atom. The summed E-state index contributed by atoms with van der Waals surface area (Å²) in [5.41, 5.74) is 5.49. The van der Waals surface area contributed by atoms with Crippen LogP contribution >= 0.6 is 11.3 Å². The predicted octanol–water partition coefficient (Wildman–Crippen LogP) is 1.92. The van der Waals surface area contributed by atoms with Crippen LogP contribution in [0.5, 0.6) is 0 Å². The highest BCUT2D eigenvalue weighted by atomic mass is 32.1. The Morgan fingerprint density at radius 3 is 2.50 bits per heavy atom. The first-order chi connectivity index (χ1) is 8.20. The third-order valence-electron chi connectivity index (χ3n) is 2.16. The maximum atomic E-state index is 11.8. The third-order valence-corrected chi connectivity index (χ3v) is 3.12. The van der Waals surface area contributed by atoms with Gasteiger partial charge in [0, 0.05) is 17.0 Å². The second kappa shape index (κ2) is 5.39. The Bertz CT molecular complexity index is 447. The van der Waals surface area contributed by atoms with Crippen LogP contribution in [0.2, 0.25) is 0 Å². The zero-order valence-electron chi connectivity index (χ0n) is 10.6. The van der Waals surface area contributed by atoms with Crippen molar-refractivity contribution < 1.29 is 19.4 Å². The lowest BCUT2D eigenvalue weighted by Crippen LogP contribution is -2.33. The third kappa shape index (κ3) is 4.03. The van der Waals surface area contributed by atoms with Gasteiger partial charge >= 0.3 is 11.9 Å². The topological polar surface area (TPSA) is 89.6 Å². The van der Waals surface area contributed by atoms with Crippen molar-refractivity contribution in [2.45, 2.75) is 32.8 Å². The Hall–Kier alpha value is -1.56. The molecule has 1 unspecified atom stereocenters. The number of aliphatic carboxylic acids is 1. The summed E-state index contributed by atoms with van der Waals surface area (Å²) < 4.78 is 5.09. The van der Waals surface area contributed by atoms with Crippen molar-refractivity contribution in [2.75, 3.05) is 5.73 Å². The number of nitrogens with two attached hydrogens (primary N) is 1. The highest BCUT2D eigenvalue weighted by molar-refractivity contribution is 7.10. The summed E-state index contributed by atoms with van der Waals surface area (Å²) in [6.07, 6.45) is 0.0632. The van der Waals surface area contributed by atoms with Crippen molar-refractivity contribution in [1.29, 1.82) is 0 Å². The number of ether oxygens (including phenoxy) is 1. The van der Waals surface area contributed by atoms with Crippen LogP contribution in [-0.4, -0.2) is 22.6 Å². The zero-order chi connectivity index (χ0) is 13.9. The summed E-state index contributed by atoms with van der Waals surface area (Å²) in [6.45, 7) is 5.09. The number of anilines is 1.